The van der Waals surface area contributed by atoms with Crippen molar-refractivity contribution >= 4 is 40.9 Å². The van der Waals surface area contributed by atoms with Crippen LogP contribution in [0.1, 0.15) is 52.8 Å². The highest BCUT2D eigenvalue weighted by Gasteiger charge is 2.26. The second kappa shape index (κ2) is 10.8. The van der Waals surface area contributed by atoms with Gasteiger partial charge in [-0.1, -0.05) is 54.8 Å². The van der Waals surface area contributed by atoms with E-state index in [-0.39, 0.29) is 17.3 Å². The highest BCUT2D eigenvalue weighted by molar-refractivity contribution is 6.05. The first kappa shape index (κ1) is 26.3. The van der Waals surface area contributed by atoms with Crippen molar-refractivity contribution in [3.63, 3.8) is 0 Å². The molecule has 0 bridgehead atoms. The van der Waals surface area contributed by atoms with Crippen LogP contribution in [0.4, 0.5) is 11.6 Å². The van der Waals surface area contributed by atoms with Crippen LogP contribution in [-0.2, 0) is 7.05 Å². The van der Waals surface area contributed by atoms with Gasteiger partial charge in [0.2, 0.25) is 0 Å². The number of nitrogens with one attached hydrogen (secondary N) is 2. The lowest BCUT2D eigenvalue weighted by Crippen LogP contribution is -2.27. The lowest BCUT2D eigenvalue weighted by Gasteiger charge is -2.16. The van der Waals surface area contributed by atoms with Gasteiger partial charge >= 0.3 is 0 Å². The molecule has 0 saturated heterocycles. The number of benzene rings is 2. The molecule has 0 fully saturated rings. The lowest BCUT2D eigenvalue weighted by atomic mass is 9.96. The number of H-pyrrole nitrogens is 1. The van der Waals surface area contributed by atoms with Gasteiger partial charge in [0.15, 0.2) is 11.6 Å². The number of nitrogens with two attached hydrogens (primary N) is 1. The zero-order valence-corrected chi connectivity index (χ0v) is 22.9. The largest absolute Gasteiger partial charge is 0.381 e. The molecule has 0 aliphatic rings. The molecular formula is C31H30N8O. The van der Waals surface area contributed by atoms with Crippen molar-refractivity contribution in [2.24, 2.45) is 12.0 Å². The number of nitrogen functional groups attached to an aromatic ring is 1. The highest BCUT2D eigenvalue weighted by Crippen LogP contribution is 2.38. The number of nitrogens with zero attached hydrogens (tertiary/aromatic N) is 5. The molecule has 0 aliphatic heterocycles. The molecule has 5 rings (SSSR count). The van der Waals surface area contributed by atoms with E-state index in [0.717, 1.165) is 44.5 Å². The maximum Gasteiger partial charge on any atom is 0.259 e. The first-order chi connectivity index (χ1) is 19.3. The number of hydrogen-bond acceptors (Lipinski definition) is 5. The van der Waals surface area contributed by atoms with E-state index in [1.807, 2.05) is 62.0 Å². The summed E-state index contributed by atoms with van der Waals surface area (Å²) in [7, 11) is 1.90. The topological polar surface area (TPSA) is 119 Å². The van der Waals surface area contributed by atoms with E-state index in [4.69, 9.17) is 5.73 Å². The van der Waals surface area contributed by atoms with Crippen LogP contribution in [0.5, 0.6) is 0 Å². The van der Waals surface area contributed by atoms with E-state index < -0.39 is 6.04 Å². The van der Waals surface area contributed by atoms with Crippen molar-refractivity contribution in [1.29, 1.82) is 0 Å². The monoisotopic (exact) mass is 530 g/mol. The Labute approximate surface area is 232 Å². The van der Waals surface area contributed by atoms with Crippen LogP contribution in [0.2, 0.25) is 0 Å². The molecule has 0 radical (unpaired) electrons. The van der Waals surface area contributed by atoms with E-state index in [9.17, 15) is 4.79 Å². The Kier molecular flexibility index (Phi) is 7.08. The van der Waals surface area contributed by atoms with E-state index in [1.165, 1.54) is 10.9 Å². The Balaban J connectivity index is 1.62. The van der Waals surface area contributed by atoms with Crippen LogP contribution < -0.4 is 11.1 Å². The fourth-order valence-electron chi connectivity index (χ4n) is 4.73. The number of aromatic nitrogens is 5. The first-order valence-electron chi connectivity index (χ1n) is 12.8. The molecular weight excluding hydrogens is 500 g/mol. The third-order valence-electron chi connectivity index (χ3n) is 6.83. The lowest BCUT2D eigenvalue weighted by molar-refractivity contribution is 0.0941. The molecule has 200 valence electrons. The summed E-state index contributed by atoms with van der Waals surface area (Å²) in [5.74, 6) is 6.66. The van der Waals surface area contributed by atoms with Crippen molar-refractivity contribution in [2.45, 2.75) is 26.8 Å². The van der Waals surface area contributed by atoms with Crippen LogP contribution in [-0.4, -0.2) is 36.7 Å². The number of anilines is 1. The minimum atomic E-state index is -0.415. The van der Waals surface area contributed by atoms with Gasteiger partial charge in [-0.05, 0) is 38.5 Å². The summed E-state index contributed by atoms with van der Waals surface area (Å²) in [5.41, 5.74) is 12.8. The summed E-state index contributed by atoms with van der Waals surface area (Å²) in [5, 5.41) is 12.6. The fourth-order valence-corrected chi connectivity index (χ4v) is 4.73. The quantitative estimate of drug-likeness (QED) is 0.202. The number of aryl methyl sites for hydroxylation is 1. The predicted octanol–water partition coefficient (Wildman–Crippen LogP) is 5.37. The third kappa shape index (κ3) is 4.67. The molecule has 9 nitrogen and oxygen atoms in total. The maximum atomic E-state index is 13.5. The molecule has 40 heavy (non-hydrogen) atoms. The maximum absolute atomic E-state index is 13.5. The third-order valence-corrected chi connectivity index (χ3v) is 6.83. The molecule has 9 heteroatoms. The number of amides is 1. The molecule has 3 heterocycles. The van der Waals surface area contributed by atoms with Gasteiger partial charge in [0.05, 0.1) is 23.5 Å². The van der Waals surface area contributed by atoms with Gasteiger partial charge in [-0.25, -0.2) is 9.67 Å². The summed E-state index contributed by atoms with van der Waals surface area (Å²) < 4.78 is 3.20. The van der Waals surface area contributed by atoms with Crippen LogP contribution in [0.15, 0.2) is 66.3 Å². The van der Waals surface area contributed by atoms with Crippen molar-refractivity contribution < 1.29 is 4.79 Å². The standard InChI is InChI=1S/C31H30N8O/c1-6-33-30-27(29(32)37-39(30)7-2)31(40)35-19(3)28-26(21-12-9-8-10-13-21)25-22(14-11-15-24(25)36-28)16-17-23-18-34-38(5)20(23)4/h6-15,18-19,36H,2H2,1,3-5H3,(H2,32,37)(H,35,40)/b33-6-/t19-/m1/s1. The Hall–Kier alpha value is -5.36. The van der Waals surface area contributed by atoms with E-state index >= 15 is 0 Å². The van der Waals surface area contributed by atoms with Crippen molar-refractivity contribution in [3.05, 3.63) is 89.4 Å². The summed E-state index contributed by atoms with van der Waals surface area (Å²) in [6, 6.07) is 15.6. The Morgan fingerprint density at radius 1 is 1.18 bits per heavy atom. The average molecular weight is 531 g/mol. The Bertz CT molecular complexity index is 1830. The normalized spacial score (nSPS) is 11.9. The molecule has 3 aromatic heterocycles. The van der Waals surface area contributed by atoms with Crippen molar-refractivity contribution in [1.82, 2.24) is 29.9 Å². The van der Waals surface area contributed by atoms with Gasteiger partial charge in [-0.15, -0.1) is 5.10 Å². The minimum absolute atomic E-state index is 0.0772. The highest BCUT2D eigenvalue weighted by atomic mass is 16.1. The molecule has 5 aromatic rings. The predicted molar refractivity (Wildman–Crippen MR) is 160 cm³/mol. The van der Waals surface area contributed by atoms with Crippen LogP contribution in [0.3, 0.4) is 0 Å². The number of hydrogen-bond donors (Lipinski definition) is 3. The second-order valence-corrected chi connectivity index (χ2v) is 9.32. The van der Waals surface area contributed by atoms with Gasteiger partial charge in [-0.2, -0.15) is 5.10 Å². The Morgan fingerprint density at radius 2 is 1.93 bits per heavy atom. The molecule has 4 N–H and O–H groups in total. The molecule has 0 unspecified atom stereocenters. The number of rotatable bonds is 6. The number of aromatic amines is 1. The van der Waals surface area contributed by atoms with Crippen LogP contribution >= 0.6 is 0 Å². The van der Waals surface area contributed by atoms with Gasteiger partial charge in [0, 0.05) is 47.2 Å². The van der Waals surface area contributed by atoms with E-state index in [0.29, 0.717) is 5.82 Å². The fraction of sp³-hybridized carbons (Fsp3) is 0.161. The first-order valence-corrected chi connectivity index (χ1v) is 12.8. The molecule has 0 aliphatic carbocycles. The molecule has 1 atom stereocenters. The molecule has 2 aromatic carbocycles. The zero-order chi connectivity index (χ0) is 28.4. The molecule has 0 spiro atoms. The average Bonchev–Trinajstić information content (AvgIpc) is 3.61. The van der Waals surface area contributed by atoms with E-state index in [2.05, 4.69) is 56.0 Å². The number of aliphatic imine (C=N–C) groups is 1. The van der Waals surface area contributed by atoms with Crippen LogP contribution in [0.25, 0.3) is 28.2 Å². The summed E-state index contributed by atoms with van der Waals surface area (Å²) in [6.45, 7) is 9.41. The van der Waals surface area contributed by atoms with Crippen molar-refractivity contribution in [2.75, 3.05) is 5.73 Å². The zero-order valence-electron chi connectivity index (χ0n) is 22.9. The second-order valence-electron chi connectivity index (χ2n) is 9.32. The number of carbonyl (C=O) groups is 1. The summed E-state index contributed by atoms with van der Waals surface area (Å²) in [6.07, 6.45) is 4.81. The van der Waals surface area contributed by atoms with Gasteiger partial charge in [0.1, 0.15) is 5.56 Å². The van der Waals surface area contributed by atoms with Crippen molar-refractivity contribution in [3.8, 4) is 23.0 Å². The van der Waals surface area contributed by atoms with E-state index in [1.54, 1.807) is 19.3 Å². The number of fused-ring (bicyclic) bond motifs is 1. The van der Waals surface area contributed by atoms with Gasteiger partial charge < -0.3 is 16.0 Å². The molecule has 0 saturated carbocycles. The summed E-state index contributed by atoms with van der Waals surface area (Å²) >= 11 is 0. The smallest absolute Gasteiger partial charge is 0.259 e. The van der Waals surface area contributed by atoms with Crippen LogP contribution in [0, 0.1) is 18.8 Å². The van der Waals surface area contributed by atoms with Gasteiger partial charge in [-0.3, -0.25) is 9.48 Å². The number of carbonyl (C=O) groups excluding carboxylic acids is 1. The molecule has 1 amide bonds. The summed E-state index contributed by atoms with van der Waals surface area (Å²) in [4.78, 5) is 21.3. The Morgan fingerprint density at radius 3 is 2.60 bits per heavy atom. The van der Waals surface area contributed by atoms with Gasteiger partial charge in [0.25, 0.3) is 5.91 Å². The SMILES string of the molecule is C=Cn1nc(N)c(C(=O)N[C@H](C)c2[nH]c3cccc(C#Cc4cnn(C)c4C)c3c2-c2ccccc2)c1/N=C\C. The minimum Gasteiger partial charge on any atom is -0.381 e.